The number of nitrogens with one attached hydrogen (secondary N) is 2. The highest BCUT2D eigenvalue weighted by Gasteiger charge is 2.14. The number of benzene rings is 1. The van der Waals surface area contributed by atoms with Crippen LogP contribution < -0.4 is 10.6 Å². The number of amides is 1. The zero-order valence-electron chi connectivity index (χ0n) is 10.1. The fourth-order valence-corrected chi connectivity index (χ4v) is 2.05. The molecule has 1 amide bonds. The molecule has 1 saturated heterocycles. The van der Waals surface area contributed by atoms with Gasteiger partial charge in [0.2, 0.25) is 0 Å². The molecule has 1 unspecified atom stereocenters. The van der Waals surface area contributed by atoms with Crippen molar-refractivity contribution in [2.75, 3.05) is 19.6 Å². The Balaban J connectivity index is 0.00000162. The second kappa shape index (κ2) is 7.34. The average molecular weight is 273 g/mol. The van der Waals surface area contributed by atoms with Gasteiger partial charge >= 0.3 is 0 Å². The number of carbonyl (C=O) groups is 1. The molecule has 0 saturated carbocycles. The van der Waals surface area contributed by atoms with Gasteiger partial charge in [0.15, 0.2) is 0 Å². The fourth-order valence-electron chi connectivity index (χ4n) is 2.05. The topological polar surface area (TPSA) is 41.1 Å². The lowest BCUT2D eigenvalue weighted by Gasteiger charge is -2.09. The molecule has 100 valence electrons. The summed E-state index contributed by atoms with van der Waals surface area (Å²) >= 11 is 0. The molecular formula is C13H18ClFN2O. The minimum Gasteiger partial charge on any atom is -0.352 e. The van der Waals surface area contributed by atoms with Crippen LogP contribution in [0.4, 0.5) is 4.39 Å². The molecule has 1 aromatic rings. The van der Waals surface area contributed by atoms with Gasteiger partial charge in [0.1, 0.15) is 5.82 Å². The Labute approximate surface area is 113 Å². The summed E-state index contributed by atoms with van der Waals surface area (Å²) in [5, 5.41) is 6.15. The summed E-state index contributed by atoms with van der Waals surface area (Å²) in [5.74, 6) is 0.220. The first-order valence-corrected chi connectivity index (χ1v) is 6.00. The lowest BCUT2D eigenvalue weighted by molar-refractivity contribution is 0.0951. The SMILES string of the molecule is Cl.O=C(NCCC1CCNC1)c1ccc(F)cc1. The van der Waals surface area contributed by atoms with E-state index in [1.54, 1.807) is 0 Å². The summed E-state index contributed by atoms with van der Waals surface area (Å²) in [7, 11) is 0. The fraction of sp³-hybridized carbons (Fsp3) is 0.462. The van der Waals surface area contributed by atoms with Gasteiger partial charge in [-0.3, -0.25) is 4.79 Å². The lowest BCUT2D eigenvalue weighted by Crippen LogP contribution is -2.26. The normalized spacial score (nSPS) is 18.2. The van der Waals surface area contributed by atoms with E-state index in [1.165, 1.54) is 30.7 Å². The largest absolute Gasteiger partial charge is 0.352 e. The molecular weight excluding hydrogens is 255 g/mol. The van der Waals surface area contributed by atoms with Gasteiger partial charge in [-0.2, -0.15) is 0 Å². The minimum absolute atomic E-state index is 0. The lowest BCUT2D eigenvalue weighted by atomic mass is 10.1. The van der Waals surface area contributed by atoms with E-state index in [9.17, 15) is 9.18 Å². The molecule has 1 heterocycles. The Morgan fingerprint density at radius 1 is 1.39 bits per heavy atom. The third-order valence-electron chi connectivity index (χ3n) is 3.11. The van der Waals surface area contributed by atoms with E-state index in [2.05, 4.69) is 10.6 Å². The Morgan fingerprint density at radius 2 is 2.11 bits per heavy atom. The van der Waals surface area contributed by atoms with E-state index in [0.717, 1.165) is 19.5 Å². The van der Waals surface area contributed by atoms with Crippen LogP contribution in [0, 0.1) is 11.7 Å². The third-order valence-corrected chi connectivity index (χ3v) is 3.11. The molecule has 0 radical (unpaired) electrons. The summed E-state index contributed by atoms with van der Waals surface area (Å²) in [6, 6.07) is 5.61. The summed E-state index contributed by atoms with van der Waals surface area (Å²) in [6.07, 6.45) is 2.19. The molecule has 2 rings (SSSR count). The van der Waals surface area contributed by atoms with Gasteiger partial charge in [-0.05, 0) is 56.1 Å². The van der Waals surface area contributed by atoms with Crippen LogP contribution >= 0.6 is 12.4 Å². The minimum atomic E-state index is -0.321. The van der Waals surface area contributed by atoms with E-state index >= 15 is 0 Å². The van der Waals surface area contributed by atoms with Crippen molar-refractivity contribution in [3.05, 3.63) is 35.6 Å². The Kier molecular flexibility index (Phi) is 6.09. The van der Waals surface area contributed by atoms with Crippen molar-refractivity contribution in [2.45, 2.75) is 12.8 Å². The molecule has 1 atom stereocenters. The smallest absolute Gasteiger partial charge is 0.251 e. The molecule has 1 fully saturated rings. The second-order valence-electron chi connectivity index (χ2n) is 4.41. The summed E-state index contributed by atoms with van der Waals surface area (Å²) in [6.45, 7) is 2.81. The van der Waals surface area contributed by atoms with Gasteiger partial charge in [-0.1, -0.05) is 0 Å². The number of hydrogen-bond acceptors (Lipinski definition) is 2. The molecule has 1 aromatic carbocycles. The van der Waals surface area contributed by atoms with Crippen molar-refractivity contribution >= 4 is 18.3 Å². The third kappa shape index (κ3) is 4.27. The maximum atomic E-state index is 12.7. The molecule has 0 spiro atoms. The first-order valence-electron chi connectivity index (χ1n) is 6.00. The molecule has 18 heavy (non-hydrogen) atoms. The molecule has 0 aromatic heterocycles. The second-order valence-corrected chi connectivity index (χ2v) is 4.41. The quantitative estimate of drug-likeness (QED) is 0.880. The maximum Gasteiger partial charge on any atom is 0.251 e. The number of carbonyl (C=O) groups excluding carboxylic acids is 1. The van der Waals surface area contributed by atoms with E-state index in [0.29, 0.717) is 18.0 Å². The highest BCUT2D eigenvalue weighted by molar-refractivity contribution is 5.94. The molecule has 2 N–H and O–H groups in total. The van der Waals surface area contributed by atoms with Crippen LogP contribution in [0.25, 0.3) is 0 Å². The van der Waals surface area contributed by atoms with Crippen LogP contribution in [0.1, 0.15) is 23.2 Å². The van der Waals surface area contributed by atoms with E-state index in [1.807, 2.05) is 0 Å². The van der Waals surface area contributed by atoms with E-state index in [4.69, 9.17) is 0 Å². The predicted molar refractivity (Wildman–Crippen MR) is 71.6 cm³/mol. The molecule has 0 bridgehead atoms. The number of halogens is 2. The van der Waals surface area contributed by atoms with Crippen LogP contribution in [0.15, 0.2) is 24.3 Å². The van der Waals surface area contributed by atoms with Gasteiger partial charge in [-0.25, -0.2) is 4.39 Å². The van der Waals surface area contributed by atoms with Crippen LogP contribution in [0.2, 0.25) is 0 Å². The zero-order valence-corrected chi connectivity index (χ0v) is 10.9. The van der Waals surface area contributed by atoms with Crippen LogP contribution in [0.3, 0.4) is 0 Å². The van der Waals surface area contributed by atoms with E-state index in [-0.39, 0.29) is 24.1 Å². The van der Waals surface area contributed by atoms with Crippen LogP contribution in [-0.2, 0) is 0 Å². The summed E-state index contributed by atoms with van der Waals surface area (Å²) in [5.41, 5.74) is 0.510. The van der Waals surface area contributed by atoms with Crippen molar-refractivity contribution in [3.8, 4) is 0 Å². The van der Waals surface area contributed by atoms with Crippen molar-refractivity contribution in [1.82, 2.24) is 10.6 Å². The predicted octanol–water partition coefficient (Wildman–Crippen LogP) is 1.98. The van der Waals surface area contributed by atoms with Gasteiger partial charge in [0, 0.05) is 12.1 Å². The molecule has 5 heteroatoms. The molecule has 1 aliphatic rings. The molecule has 3 nitrogen and oxygen atoms in total. The Hall–Kier alpha value is -1.13. The average Bonchev–Trinajstić information content (AvgIpc) is 2.83. The van der Waals surface area contributed by atoms with Gasteiger partial charge < -0.3 is 10.6 Å². The standard InChI is InChI=1S/C13H17FN2O.ClH/c14-12-3-1-11(2-4-12)13(17)16-8-6-10-5-7-15-9-10;/h1-4,10,15H,5-9H2,(H,16,17);1H. The van der Waals surface area contributed by atoms with Gasteiger partial charge in [0.05, 0.1) is 0 Å². The Bertz CT molecular complexity index is 377. The van der Waals surface area contributed by atoms with E-state index < -0.39 is 0 Å². The monoisotopic (exact) mass is 272 g/mol. The number of hydrogen-bond donors (Lipinski definition) is 2. The van der Waals surface area contributed by atoms with Crippen LogP contribution in [0.5, 0.6) is 0 Å². The van der Waals surface area contributed by atoms with Gasteiger partial charge in [0.25, 0.3) is 5.91 Å². The first kappa shape index (κ1) is 14.9. The molecule has 1 aliphatic heterocycles. The van der Waals surface area contributed by atoms with Crippen molar-refractivity contribution in [1.29, 1.82) is 0 Å². The summed E-state index contributed by atoms with van der Waals surface area (Å²) < 4.78 is 12.7. The van der Waals surface area contributed by atoms with Crippen LogP contribution in [-0.4, -0.2) is 25.5 Å². The highest BCUT2D eigenvalue weighted by atomic mass is 35.5. The Morgan fingerprint density at radius 3 is 2.72 bits per heavy atom. The number of rotatable bonds is 4. The van der Waals surface area contributed by atoms with Crippen molar-refractivity contribution in [2.24, 2.45) is 5.92 Å². The summed E-state index contributed by atoms with van der Waals surface area (Å²) in [4.78, 5) is 11.7. The maximum absolute atomic E-state index is 12.7. The highest BCUT2D eigenvalue weighted by Crippen LogP contribution is 2.11. The van der Waals surface area contributed by atoms with Crippen molar-refractivity contribution in [3.63, 3.8) is 0 Å². The first-order chi connectivity index (χ1) is 8.25. The van der Waals surface area contributed by atoms with Gasteiger partial charge in [-0.15, -0.1) is 12.4 Å². The zero-order chi connectivity index (χ0) is 12.1. The van der Waals surface area contributed by atoms with Crippen molar-refractivity contribution < 1.29 is 9.18 Å². The molecule has 0 aliphatic carbocycles.